The molecular weight excluding hydrogens is 380 g/mol. The van der Waals surface area contributed by atoms with E-state index in [2.05, 4.69) is 0 Å². The Hall–Kier alpha value is 2.37. The smallest absolute Gasteiger partial charge is 0 e. The molecule has 0 heterocycles. The normalized spacial score (nSPS) is 0. The Kier molecular flexibility index (Phi) is 349. The summed E-state index contributed by atoms with van der Waals surface area (Å²) in [6.45, 7) is 0. The summed E-state index contributed by atoms with van der Waals surface area (Å²) in [6, 6.07) is 0. The molecule has 0 fully saturated rings. The van der Waals surface area contributed by atoms with Gasteiger partial charge in [0.25, 0.3) is 0 Å². The summed E-state index contributed by atoms with van der Waals surface area (Å²) in [5.41, 5.74) is 0. The Morgan fingerprint density at radius 3 is 1.00 bits per heavy atom. The van der Waals surface area contributed by atoms with Crippen LogP contribution in [0.2, 0.25) is 0 Å². The maximum atomic E-state index is 0. The van der Waals surface area contributed by atoms with Crippen molar-refractivity contribution in [3.05, 3.63) is 0 Å². The van der Waals surface area contributed by atoms with E-state index in [1.54, 1.807) is 0 Å². The van der Waals surface area contributed by atoms with Crippen LogP contribution < -0.4 is 0 Å². The Morgan fingerprint density at radius 1 is 1.00 bits per heavy atom. The fourth-order valence-electron chi connectivity index (χ4n) is 0. The third-order valence-corrected chi connectivity index (χ3v) is 0. The minimum absolute atomic E-state index is 0. The van der Waals surface area contributed by atoms with E-state index in [9.17, 15) is 0 Å². The Labute approximate surface area is 76.3 Å². The molecular formula is H3BMoNiPW. The van der Waals surface area contributed by atoms with Gasteiger partial charge in [-0.05, 0) is 0 Å². The fraction of sp³-hybridized carbons (Fsp3) is 0. The summed E-state index contributed by atoms with van der Waals surface area (Å²) in [4.78, 5) is 0. The minimum atomic E-state index is 0. The SMILES string of the molecule is P.[B].[Mo].[Ni].[W]. The van der Waals surface area contributed by atoms with Crippen molar-refractivity contribution in [2.75, 3.05) is 0 Å². The molecule has 0 aromatic carbocycles. The molecule has 1 unspecified atom stereocenters. The van der Waals surface area contributed by atoms with E-state index in [0.717, 1.165) is 0 Å². The summed E-state index contributed by atoms with van der Waals surface area (Å²) in [6.07, 6.45) is 0. The van der Waals surface area contributed by atoms with Gasteiger partial charge in [-0.15, -0.1) is 0 Å². The monoisotopic (exact) mass is 385 g/mol. The average Bonchev–Trinajstić information content (AvgIpc) is 0. The van der Waals surface area contributed by atoms with Gasteiger partial charge in [0.2, 0.25) is 0 Å². The predicted molar refractivity (Wildman–Crippen MR) is 16.9 cm³/mol. The maximum absolute atomic E-state index is 0. The Bertz CT molecular complexity index is 11.6. The van der Waals surface area contributed by atoms with Crippen molar-refractivity contribution in [3.8, 4) is 0 Å². The quantitative estimate of drug-likeness (QED) is 0.397. The molecule has 0 aliphatic heterocycles. The first kappa shape index (κ1) is 53.3. The second kappa shape index (κ2) is 32.8. The molecule has 0 aromatic rings. The van der Waals surface area contributed by atoms with E-state index in [0.29, 0.717) is 0 Å². The van der Waals surface area contributed by atoms with Crippen molar-refractivity contribution in [1.82, 2.24) is 0 Å². The minimum Gasteiger partial charge on any atom is -0.153 e. The molecule has 0 rings (SSSR count). The fourth-order valence-corrected chi connectivity index (χ4v) is 0. The van der Waals surface area contributed by atoms with Crippen molar-refractivity contribution in [3.63, 3.8) is 0 Å². The van der Waals surface area contributed by atoms with Crippen molar-refractivity contribution >= 4 is 18.3 Å². The molecule has 5 heteroatoms. The molecule has 0 aliphatic carbocycles. The van der Waals surface area contributed by atoms with Crippen LogP contribution in [0.15, 0.2) is 0 Å². The molecule has 0 amide bonds. The predicted octanol–water partition coefficient (Wildman–Crippen LogP) is -0.330. The molecule has 0 aliphatic rings. The molecule has 0 saturated carbocycles. The number of hydrogen-bond donors (Lipinski definition) is 0. The van der Waals surface area contributed by atoms with E-state index >= 15 is 0 Å². The first-order chi connectivity index (χ1) is 0. The van der Waals surface area contributed by atoms with Crippen molar-refractivity contribution in [2.45, 2.75) is 0 Å². The van der Waals surface area contributed by atoms with Crippen molar-refractivity contribution in [1.29, 1.82) is 0 Å². The largest absolute Gasteiger partial charge is 0.153 e. The molecule has 5 heavy (non-hydrogen) atoms. The third-order valence-electron chi connectivity index (χ3n) is 0. The summed E-state index contributed by atoms with van der Waals surface area (Å²) >= 11 is 0. The van der Waals surface area contributed by atoms with Crippen LogP contribution >= 0.6 is 9.90 Å². The zero-order chi connectivity index (χ0) is 0. The average molecular weight is 383 g/mol. The Balaban J connectivity index is 0. The van der Waals surface area contributed by atoms with E-state index < -0.39 is 0 Å². The van der Waals surface area contributed by atoms with Crippen LogP contribution in [-0.4, -0.2) is 8.41 Å². The van der Waals surface area contributed by atoms with Gasteiger partial charge in [0.1, 0.15) is 0 Å². The summed E-state index contributed by atoms with van der Waals surface area (Å²) < 4.78 is 0. The van der Waals surface area contributed by atoms with Gasteiger partial charge in [0, 0.05) is 67.0 Å². The van der Waals surface area contributed by atoms with Crippen LogP contribution in [0.5, 0.6) is 0 Å². The summed E-state index contributed by atoms with van der Waals surface area (Å²) in [5, 5.41) is 0. The van der Waals surface area contributed by atoms with Crippen LogP contribution in [-0.2, 0) is 58.6 Å². The first-order valence-corrected chi connectivity index (χ1v) is 0. The zero-order valence-corrected chi connectivity index (χ0v) is 9.76. The van der Waals surface area contributed by atoms with Gasteiger partial charge < -0.3 is 0 Å². The molecule has 0 bridgehead atoms. The number of hydrogen-bond acceptors (Lipinski definition) is 0. The van der Waals surface area contributed by atoms with Crippen LogP contribution in [0.3, 0.4) is 0 Å². The molecule has 0 spiro atoms. The van der Waals surface area contributed by atoms with Gasteiger partial charge in [-0.2, -0.15) is 9.90 Å². The van der Waals surface area contributed by atoms with Crippen LogP contribution in [0.25, 0.3) is 0 Å². The standard InChI is InChI=1S/B.Mo.Ni.H3P.W/h;;;1H3;. The van der Waals surface area contributed by atoms with E-state index in [4.69, 9.17) is 0 Å². The topological polar surface area (TPSA) is 0 Å². The summed E-state index contributed by atoms with van der Waals surface area (Å²) in [7, 11) is 0. The van der Waals surface area contributed by atoms with Gasteiger partial charge in [-0.25, -0.2) is 0 Å². The van der Waals surface area contributed by atoms with Crippen molar-refractivity contribution in [2.24, 2.45) is 0 Å². The molecule has 0 nitrogen and oxygen atoms in total. The molecule has 33 valence electrons. The second-order valence-electron chi connectivity index (χ2n) is 0. The molecule has 3 radical (unpaired) electrons. The van der Waals surface area contributed by atoms with E-state index in [-0.39, 0.29) is 76.9 Å². The first-order valence-electron chi connectivity index (χ1n) is 0. The molecule has 0 N–H and O–H groups in total. The van der Waals surface area contributed by atoms with Crippen LogP contribution in [0.1, 0.15) is 0 Å². The Morgan fingerprint density at radius 2 is 1.00 bits per heavy atom. The van der Waals surface area contributed by atoms with Crippen LogP contribution in [0.4, 0.5) is 0 Å². The van der Waals surface area contributed by atoms with Crippen LogP contribution in [0, 0.1) is 0 Å². The molecule has 0 aromatic heterocycles. The van der Waals surface area contributed by atoms with Gasteiger partial charge in [-0.3, -0.25) is 0 Å². The zero-order valence-electron chi connectivity index (χ0n) is 2.42. The van der Waals surface area contributed by atoms with Gasteiger partial charge >= 0.3 is 0 Å². The van der Waals surface area contributed by atoms with E-state index in [1.807, 2.05) is 0 Å². The number of rotatable bonds is 0. The van der Waals surface area contributed by atoms with Gasteiger partial charge in [0.05, 0.1) is 0 Å². The molecule has 1 atom stereocenters. The van der Waals surface area contributed by atoms with Crippen molar-refractivity contribution < 1.29 is 58.6 Å². The summed E-state index contributed by atoms with van der Waals surface area (Å²) in [5.74, 6) is 0. The van der Waals surface area contributed by atoms with Gasteiger partial charge in [-0.1, -0.05) is 0 Å². The second-order valence-corrected chi connectivity index (χ2v) is 0. The maximum Gasteiger partial charge on any atom is 0 e. The third kappa shape index (κ3) is 21.7. The van der Waals surface area contributed by atoms with Gasteiger partial charge in [0.15, 0.2) is 0 Å². The molecule has 0 saturated heterocycles. The van der Waals surface area contributed by atoms with E-state index in [1.165, 1.54) is 0 Å².